The molecule has 0 spiro atoms. The Hall–Kier alpha value is -2.80. The van der Waals surface area contributed by atoms with Crippen LogP contribution in [0, 0.1) is 0 Å². The van der Waals surface area contributed by atoms with Crippen LogP contribution < -0.4 is 4.74 Å². The predicted octanol–water partition coefficient (Wildman–Crippen LogP) is 7.36. The fraction of sp³-hybridized carbons (Fsp3) is 0.423. The Morgan fingerprint density at radius 2 is 1.52 bits per heavy atom. The van der Waals surface area contributed by atoms with Crippen LogP contribution in [-0.4, -0.2) is 17.6 Å². The molecule has 0 radical (unpaired) electrons. The molecule has 33 heavy (non-hydrogen) atoms. The largest absolute Gasteiger partial charge is 0.573 e. The number of nitrogens with zero attached hydrogens (tertiary/aromatic N) is 1. The highest BCUT2D eigenvalue weighted by Gasteiger charge is 2.36. The number of aromatic nitrogens is 1. The predicted molar refractivity (Wildman–Crippen MR) is 117 cm³/mol. The normalized spacial score (nSPS) is 21.2. The Bertz CT molecular complexity index is 1070. The second-order valence-electron chi connectivity index (χ2n) is 8.89. The first kappa shape index (κ1) is 22.0. The van der Waals surface area contributed by atoms with Gasteiger partial charge in [0.15, 0.2) is 0 Å². The molecule has 5 rings (SSSR count). The fourth-order valence-electron chi connectivity index (χ4n) is 4.70. The number of benzene rings is 2. The highest BCUT2D eigenvalue weighted by molar-refractivity contribution is 5.70. The maximum Gasteiger partial charge on any atom is 0.573 e. The van der Waals surface area contributed by atoms with Gasteiger partial charge in [0.05, 0.1) is 12.7 Å². The van der Waals surface area contributed by atoms with E-state index in [0.29, 0.717) is 11.6 Å². The van der Waals surface area contributed by atoms with E-state index >= 15 is 0 Å². The SMILES string of the molecule is FC(F)(F)Oc1ccccc1-c1noc(C2CC2)c1COC1CCC(c2ccccc2)CC1. The molecule has 2 aliphatic rings. The third-order valence-electron chi connectivity index (χ3n) is 6.54. The molecule has 1 heterocycles. The van der Waals surface area contributed by atoms with E-state index in [9.17, 15) is 13.2 Å². The van der Waals surface area contributed by atoms with Crippen molar-refractivity contribution >= 4 is 0 Å². The smallest absolute Gasteiger partial charge is 0.405 e. The van der Waals surface area contributed by atoms with E-state index in [-0.39, 0.29) is 29.9 Å². The number of ether oxygens (including phenoxy) is 2. The van der Waals surface area contributed by atoms with Crippen LogP contribution in [0.3, 0.4) is 0 Å². The molecule has 1 aromatic heterocycles. The van der Waals surface area contributed by atoms with Gasteiger partial charge in [0, 0.05) is 17.0 Å². The summed E-state index contributed by atoms with van der Waals surface area (Å²) >= 11 is 0. The maximum absolute atomic E-state index is 12.9. The minimum absolute atomic E-state index is 0.112. The molecule has 2 aromatic carbocycles. The van der Waals surface area contributed by atoms with Crippen LogP contribution >= 0.6 is 0 Å². The lowest BCUT2D eigenvalue weighted by Gasteiger charge is -2.29. The molecule has 0 amide bonds. The molecule has 2 aliphatic carbocycles. The van der Waals surface area contributed by atoms with E-state index in [2.05, 4.69) is 34.2 Å². The van der Waals surface area contributed by atoms with Gasteiger partial charge in [0.1, 0.15) is 17.2 Å². The van der Waals surface area contributed by atoms with Crippen molar-refractivity contribution in [3.05, 3.63) is 71.5 Å². The van der Waals surface area contributed by atoms with E-state index in [1.165, 1.54) is 17.7 Å². The molecular formula is C26H26F3NO3. The molecule has 0 aliphatic heterocycles. The van der Waals surface area contributed by atoms with Crippen LogP contribution in [0.4, 0.5) is 13.2 Å². The average Bonchev–Trinajstić information content (AvgIpc) is 3.57. The Labute approximate surface area is 190 Å². The van der Waals surface area contributed by atoms with Crippen LogP contribution in [0.25, 0.3) is 11.3 Å². The van der Waals surface area contributed by atoms with Gasteiger partial charge in [-0.1, -0.05) is 47.6 Å². The zero-order valence-corrected chi connectivity index (χ0v) is 18.2. The summed E-state index contributed by atoms with van der Waals surface area (Å²) in [6.45, 7) is 0.270. The van der Waals surface area contributed by atoms with E-state index in [0.717, 1.165) is 49.8 Å². The van der Waals surface area contributed by atoms with Crippen LogP contribution in [0.1, 0.15) is 67.2 Å². The molecule has 2 saturated carbocycles. The van der Waals surface area contributed by atoms with Crippen LogP contribution in [0.2, 0.25) is 0 Å². The second kappa shape index (κ2) is 9.21. The molecule has 0 N–H and O–H groups in total. The number of hydrogen-bond acceptors (Lipinski definition) is 4. The molecule has 2 fully saturated rings. The van der Waals surface area contributed by atoms with Gasteiger partial charge in [-0.3, -0.25) is 0 Å². The minimum Gasteiger partial charge on any atom is -0.405 e. The van der Waals surface area contributed by atoms with Crippen LogP contribution in [0.5, 0.6) is 5.75 Å². The Morgan fingerprint density at radius 1 is 0.848 bits per heavy atom. The van der Waals surface area contributed by atoms with Crippen molar-refractivity contribution in [1.29, 1.82) is 0 Å². The number of rotatable bonds is 7. The van der Waals surface area contributed by atoms with Gasteiger partial charge in [0.25, 0.3) is 0 Å². The summed E-state index contributed by atoms with van der Waals surface area (Å²) in [6, 6.07) is 16.6. The summed E-state index contributed by atoms with van der Waals surface area (Å²) < 4.78 is 54.9. The first-order valence-corrected chi connectivity index (χ1v) is 11.5. The van der Waals surface area contributed by atoms with Gasteiger partial charge >= 0.3 is 6.36 Å². The topological polar surface area (TPSA) is 44.5 Å². The number of para-hydroxylation sites is 1. The lowest BCUT2D eigenvalue weighted by atomic mass is 9.83. The summed E-state index contributed by atoms with van der Waals surface area (Å²) in [5.74, 6) is 1.25. The molecule has 174 valence electrons. The third-order valence-corrected chi connectivity index (χ3v) is 6.54. The van der Waals surface area contributed by atoms with Gasteiger partial charge in [-0.25, -0.2) is 0 Å². The highest BCUT2D eigenvalue weighted by atomic mass is 19.4. The molecule has 7 heteroatoms. The van der Waals surface area contributed by atoms with Crippen molar-refractivity contribution < 1.29 is 27.2 Å². The molecule has 3 aromatic rings. The molecule has 0 unspecified atom stereocenters. The summed E-state index contributed by atoms with van der Waals surface area (Å²) in [6.07, 6.45) is 1.33. The second-order valence-corrected chi connectivity index (χ2v) is 8.89. The molecule has 4 nitrogen and oxygen atoms in total. The highest BCUT2D eigenvalue weighted by Crippen LogP contribution is 2.46. The first-order valence-electron chi connectivity index (χ1n) is 11.5. The summed E-state index contributed by atoms with van der Waals surface area (Å²) in [5, 5.41) is 4.15. The lowest BCUT2D eigenvalue weighted by molar-refractivity contribution is -0.274. The van der Waals surface area contributed by atoms with Gasteiger partial charge in [-0.05, 0) is 62.1 Å². The fourth-order valence-corrected chi connectivity index (χ4v) is 4.70. The maximum atomic E-state index is 12.9. The van der Waals surface area contributed by atoms with Crippen molar-refractivity contribution in [3.8, 4) is 17.0 Å². The average molecular weight is 457 g/mol. The first-order chi connectivity index (χ1) is 16.0. The minimum atomic E-state index is -4.78. The molecule has 0 bridgehead atoms. The van der Waals surface area contributed by atoms with Crippen molar-refractivity contribution in [1.82, 2.24) is 5.16 Å². The van der Waals surface area contributed by atoms with Crippen molar-refractivity contribution in [2.24, 2.45) is 0 Å². The van der Waals surface area contributed by atoms with Gasteiger partial charge in [0.2, 0.25) is 0 Å². The summed E-state index contributed by atoms with van der Waals surface area (Å²) in [5.41, 5.74) is 2.74. The van der Waals surface area contributed by atoms with E-state index in [1.807, 2.05) is 6.07 Å². The quantitative estimate of drug-likeness (QED) is 0.372. The number of halogens is 3. The molecule has 0 saturated heterocycles. The zero-order valence-electron chi connectivity index (χ0n) is 18.2. The number of hydrogen-bond donors (Lipinski definition) is 0. The number of alkyl halides is 3. The van der Waals surface area contributed by atoms with Gasteiger partial charge in [-0.15, -0.1) is 13.2 Å². The lowest BCUT2D eigenvalue weighted by Crippen LogP contribution is -2.21. The van der Waals surface area contributed by atoms with E-state index in [4.69, 9.17) is 9.26 Å². The Kier molecular flexibility index (Phi) is 6.15. The molecule has 0 atom stereocenters. The van der Waals surface area contributed by atoms with E-state index < -0.39 is 6.36 Å². The zero-order chi connectivity index (χ0) is 22.8. The summed E-state index contributed by atoms with van der Waals surface area (Å²) in [4.78, 5) is 0. The molecular weight excluding hydrogens is 431 g/mol. The van der Waals surface area contributed by atoms with Gasteiger partial charge in [-0.2, -0.15) is 0 Å². The van der Waals surface area contributed by atoms with Gasteiger partial charge < -0.3 is 14.0 Å². The third kappa shape index (κ3) is 5.24. The van der Waals surface area contributed by atoms with Crippen LogP contribution in [-0.2, 0) is 11.3 Å². The van der Waals surface area contributed by atoms with Crippen molar-refractivity contribution in [3.63, 3.8) is 0 Å². The standard InChI is InChI=1S/C26H26F3NO3/c27-26(28,29)32-23-9-5-4-8-21(23)24-22(25(33-30-24)19-10-11-19)16-31-20-14-12-18(13-15-20)17-6-2-1-3-7-17/h1-9,18-20H,10-16H2. The van der Waals surface area contributed by atoms with Crippen molar-refractivity contribution in [2.75, 3.05) is 0 Å². The van der Waals surface area contributed by atoms with E-state index in [1.54, 1.807) is 12.1 Å². The monoisotopic (exact) mass is 457 g/mol. The Morgan fingerprint density at radius 3 is 2.21 bits per heavy atom. The summed E-state index contributed by atoms with van der Waals surface area (Å²) in [7, 11) is 0. The Balaban J connectivity index is 1.31. The van der Waals surface area contributed by atoms with Crippen LogP contribution in [0.15, 0.2) is 59.1 Å². The van der Waals surface area contributed by atoms with Crippen molar-refractivity contribution in [2.45, 2.75) is 69.4 Å².